The first-order valence-electron chi connectivity index (χ1n) is 4.05. The van der Waals surface area contributed by atoms with Crippen molar-refractivity contribution in [3.63, 3.8) is 0 Å². The van der Waals surface area contributed by atoms with E-state index in [9.17, 15) is 0 Å². The molecule has 0 aromatic heterocycles. The fraction of sp³-hybridized carbons (Fsp3) is 0.333. The molecular weight excluding hydrogens is 168 g/mol. The van der Waals surface area contributed by atoms with Crippen molar-refractivity contribution in [2.75, 3.05) is 24.7 Å². The van der Waals surface area contributed by atoms with Crippen molar-refractivity contribution in [3.8, 4) is 5.75 Å². The van der Waals surface area contributed by atoms with E-state index in [0.29, 0.717) is 17.1 Å². The average molecular weight is 182 g/mol. The lowest BCUT2D eigenvalue weighted by Gasteiger charge is -2.11. The average Bonchev–Trinajstić information content (AvgIpc) is 2.12. The second kappa shape index (κ2) is 4.00. The SMILES string of the molecule is Cc1ccc(N)c(OCCO)c1N. The lowest BCUT2D eigenvalue weighted by atomic mass is 10.1. The Bertz CT molecular complexity index is 300. The third-order valence-electron chi connectivity index (χ3n) is 1.78. The maximum Gasteiger partial charge on any atom is 0.165 e. The van der Waals surface area contributed by atoms with E-state index >= 15 is 0 Å². The number of hydrogen-bond donors (Lipinski definition) is 3. The highest BCUT2D eigenvalue weighted by molar-refractivity contribution is 5.70. The molecule has 0 amide bonds. The zero-order valence-corrected chi connectivity index (χ0v) is 7.58. The van der Waals surface area contributed by atoms with Gasteiger partial charge in [-0.3, -0.25) is 0 Å². The van der Waals surface area contributed by atoms with Gasteiger partial charge in [0.2, 0.25) is 0 Å². The van der Waals surface area contributed by atoms with Crippen molar-refractivity contribution in [2.24, 2.45) is 0 Å². The molecule has 0 bridgehead atoms. The third-order valence-corrected chi connectivity index (χ3v) is 1.78. The maximum atomic E-state index is 8.57. The van der Waals surface area contributed by atoms with Crippen LogP contribution in [0.25, 0.3) is 0 Å². The van der Waals surface area contributed by atoms with E-state index in [0.717, 1.165) is 5.56 Å². The molecule has 5 N–H and O–H groups in total. The minimum Gasteiger partial charge on any atom is -0.487 e. The van der Waals surface area contributed by atoms with E-state index in [1.807, 2.05) is 13.0 Å². The van der Waals surface area contributed by atoms with Crippen molar-refractivity contribution in [3.05, 3.63) is 17.7 Å². The molecule has 72 valence electrons. The Kier molecular flexibility index (Phi) is 2.97. The van der Waals surface area contributed by atoms with Crippen LogP contribution < -0.4 is 16.2 Å². The molecule has 0 unspecified atom stereocenters. The second-order valence-corrected chi connectivity index (χ2v) is 2.79. The number of anilines is 2. The Morgan fingerprint density at radius 1 is 1.38 bits per heavy atom. The minimum atomic E-state index is -0.0488. The first-order valence-corrected chi connectivity index (χ1v) is 4.05. The topological polar surface area (TPSA) is 81.5 Å². The van der Waals surface area contributed by atoms with Gasteiger partial charge in [-0.05, 0) is 18.6 Å². The molecule has 13 heavy (non-hydrogen) atoms. The molecule has 0 aliphatic carbocycles. The molecule has 4 nitrogen and oxygen atoms in total. The van der Waals surface area contributed by atoms with E-state index in [4.69, 9.17) is 21.3 Å². The van der Waals surface area contributed by atoms with Crippen molar-refractivity contribution < 1.29 is 9.84 Å². The molecule has 0 saturated heterocycles. The summed E-state index contributed by atoms with van der Waals surface area (Å²) in [6, 6.07) is 3.56. The van der Waals surface area contributed by atoms with Crippen LogP contribution in [0.3, 0.4) is 0 Å². The Labute approximate surface area is 77.1 Å². The van der Waals surface area contributed by atoms with Crippen molar-refractivity contribution in [2.45, 2.75) is 6.92 Å². The zero-order chi connectivity index (χ0) is 9.84. The summed E-state index contributed by atoms with van der Waals surface area (Å²) in [6.45, 7) is 2.03. The highest BCUT2D eigenvalue weighted by Gasteiger charge is 2.06. The molecule has 0 aliphatic heterocycles. The van der Waals surface area contributed by atoms with E-state index in [1.165, 1.54) is 0 Å². The summed E-state index contributed by atoms with van der Waals surface area (Å²) in [5, 5.41) is 8.57. The largest absolute Gasteiger partial charge is 0.487 e. The van der Waals surface area contributed by atoms with E-state index in [1.54, 1.807) is 6.07 Å². The monoisotopic (exact) mass is 182 g/mol. The van der Waals surface area contributed by atoms with E-state index in [-0.39, 0.29) is 13.2 Å². The lowest BCUT2D eigenvalue weighted by molar-refractivity contribution is 0.202. The fourth-order valence-corrected chi connectivity index (χ4v) is 1.02. The number of benzene rings is 1. The van der Waals surface area contributed by atoms with Gasteiger partial charge in [-0.15, -0.1) is 0 Å². The highest BCUT2D eigenvalue weighted by Crippen LogP contribution is 2.31. The zero-order valence-electron chi connectivity index (χ0n) is 7.58. The van der Waals surface area contributed by atoms with Gasteiger partial charge in [-0.2, -0.15) is 0 Å². The number of nitrogen functional groups attached to an aromatic ring is 2. The molecule has 1 rings (SSSR count). The van der Waals surface area contributed by atoms with Crippen LogP contribution in [-0.4, -0.2) is 18.3 Å². The molecule has 0 saturated carbocycles. The lowest BCUT2D eigenvalue weighted by Crippen LogP contribution is -2.07. The van der Waals surface area contributed by atoms with Crippen LogP contribution in [0, 0.1) is 6.92 Å². The number of rotatable bonds is 3. The summed E-state index contributed by atoms with van der Waals surface area (Å²) in [5.74, 6) is 0.467. The number of aryl methyl sites for hydroxylation is 1. The molecule has 0 spiro atoms. The molecule has 0 atom stereocenters. The standard InChI is InChI=1S/C9H14N2O2/c1-6-2-3-7(10)9(8(6)11)13-5-4-12/h2-3,12H,4-5,10-11H2,1H3. The molecule has 1 aromatic carbocycles. The second-order valence-electron chi connectivity index (χ2n) is 2.79. The predicted octanol–water partition coefficient (Wildman–Crippen LogP) is 0.531. The van der Waals surface area contributed by atoms with Gasteiger partial charge in [0.25, 0.3) is 0 Å². The van der Waals surface area contributed by atoms with Gasteiger partial charge in [0, 0.05) is 0 Å². The summed E-state index contributed by atoms with van der Waals surface area (Å²) in [6.07, 6.45) is 0. The van der Waals surface area contributed by atoms with Crippen molar-refractivity contribution in [1.82, 2.24) is 0 Å². The van der Waals surface area contributed by atoms with Gasteiger partial charge in [-0.1, -0.05) is 6.07 Å². The molecule has 0 radical (unpaired) electrons. The molecule has 0 fully saturated rings. The summed E-state index contributed by atoms with van der Waals surface area (Å²) >= 11 is 0. The number of hydrogen-bond acceptors (Lipinski definition) is 4. The van der Waals surface area contributed by atoms with Gasteiger partial charge in [0.15, 0.2) is 5.75 Å². The van der Waals surface area contributed by atoms with Crippen molar-refractivity contribution in [1.29, 1.82) is 0 Å². The Morgan fingerprint density at radius 2 is 2.08 bits per heavy atom. The van der Waals surface area contributed by atoms with Crippen LogP contribution in [-0.2, 0) is 0 Å². The minimum absolute atomic E-state index is 0.0488. The number of ether oxygens (including phenoxy) is 1. The van der Waals surface area contributed by atoms with Crippen molar-refractivity contribution >= 4 is 11.4 Å². The van der Waals surface area contributed by atoms with Gasteiger partial charge in [-0.25, -0.2) is 0 Å². The van der Waals surface area contributed by atoms with Crippen LogP contribution >= 0.6 is 0 Å². The summed E-state index contributed by atoms with van der Waals surface area (Å²) < 4.78 is 5.20. The molecular formula is C9H14N2O2. The van der Waals surface area contributed by atoms with Gasteiger partial charge in [0.1, 0.15) is 6.61 Å². The molecule has 4 heteroatoms. The van der Waals surface area contributed by atoms with Gasteiger partial charge in [0.05, 0.1) is 18.0 Å². The number of aliphatic hydroxyl groups excluding tert-OH is 1. The fourth-order valence-electron chi connectivity index (χ4n) is 1.02. The van der Waals surface area contributed by atoms with Crippen LogP contribution in [0.15, 0.2) is 12.1 Å². The Morgan fingerprint density at radius 3 is 2.69 bits per heavy atom. The summed E-state index contributed by atoms with van der Waals surface area (Å²) in [4.78, 5) is 0. The normalized spacial score (nSPS) is 10.0. The van der Waals surface area contributed by atoms with Crippen LogP contribution in [0.1, 0.15) is 5.56 Å². The summed E-state index contributed by atoms with van der Waals surface area (Å²) in [5.41, 5.74) is 13.3. The molecule has 0 aliphatic rings. The number of aliphatic hydroxyl groups is 1. The maximum absolute atomic E-state index is 8.57. The first-order chi connectivity index (χ1) is 6.16. The predicted molar refractivity (Wildman–Crippen MR) is 52.6 cm³/mol. The van der Waals surface area contributed by atoms with Crippen LogP contribution in [0.5, 0.6) is 5.75 Å². The summed E-state index contributed by atoms with van der Waals surface area (Å²) in [7, 11) is 0. The molecule has 1 aromatic rings. The van der Waals surface area contributed by atoms with E-state index < -0.39 is 0 Å². The Balaban J connectivity index is 2.96. The van der Waals surface area contributed by atoms with Gasteiger partial charge >= 0.3 is 0 Å². The highest BCUT2D eigenvalue weighted by atomic mass is 16.5. The van der Waals surface area contributed by atoms with Gasteiger partial charge < -0.3 is 21.3 Å². The smallest absolute Gasteiger partial charge is 0.165 e. The first kappa shape index (κ1) is 9.67. The van der Waals surface area contributed by atoms with E-state index in [2.05, 4.69) is 0 Å². The molecule has 0 heterocycles. The number of nitrogens with two attached hydrogens (primary N) is 2. The third kappa shape index (κ3) is 2.03. The quantitative estimate of drug-likeness (QED) is 0.595. The van der Waals surface area contributed by atoms with Crippen LogP contribution in [0.4, 0.5) is 11.4 Å². The van der Waals surface area contributed by atoms with Crippen LogP contribution in [0.2, 0.25) is 0 Å². The Hall–Kier alpha value is -1.42.